The van der Waals surface area contributed by atoms with Crippen LogP contribution in [-0.4, -0.2) is 16.9 Å². The van der Waals surface area contributed by atoms with Crippen LogP contribution >= 0.6 is 0 Å². The molecule has 1 aliphatic carbocycles. The lowest BCUT2D eigenvalue weighted by molar-refractivity contribution is -0.148. The number of ketones is 1. The summed E-state index contributed by atoms with van der Waals surface area (Å²) in [5.74, 6) is -1.58. The van der Waals surface area contributed by atoms with Crippen LogP contribution in [0.4, 0.5) is 0 Å². The van der Waals surface area contributed by atoms with Crippen molar-refractivity contribution in [1.82, 2.24) is 0 Å². The van der Waals surface area contributed by atoms with Gasteiger partial charge in [0.25, 0.3) is 0 Å². The Labute approximate surface area is 100 Å². The van der Waals surface area contributed by atoms with E-state index in [4.69, 9.17) is 5.11 Å². The van der Waals surface area contributed by atoms with Crippen LogP contribution in [-0.2, 0) is 16.0 Å². The smallest absolute Gasteiger partial charge is 0.307 e. The van der Waals surface area contributed by atoms with Crippen molar-refractivity contribution in [2.45, 2.75) is 25.7 Å². The fraction of sp³-hybridized carbons (Fsp3) is 0.429. The van der Waals surface area contributed by atoms with Crippen molar-refractivity contribution < 1.29 is 14.7 Å². The molecule has 0 aliphatic heterocycles. The zero-order valence-electron chi connectivity index (χ0n) is 9.63. The Balaban J connectivity index is 2.15. The van der Waals surface area contributed by atoms with Crippen LogP contribution in [0, 0.1) is 11.8 Å². The molecule has 0 radical (unpaired) electrons. The molecule has 0 aromatic heterocycles. The first-order valence-corrected chi connectivity index (χ1v) is 5.98. The monoisotopic (exact) mass is 232 g/mol. The van der Waals surface area contributed by atoms with Gasteiger partial charge in [-0.3, -0.25) is 9.59 Å². The maximum absolute atomic E-state index is 11.9. The van der Waals surface area contributed by atoms with Crippen molar-refractivity contribution in [2.75, 3.05) is 0 Å². The molecule has 0 amide bonds. The fourth-order valence-corrected chi connectivity index (χ4v) is 2.53. The topological polar surface area (TPSA) is 54.4 Å². The van der Waals surface area contributed by atoms with E-state index in [2.05, 4.69) is 0 Å². The molecule has 2 atom stereocenters. The third-order valence-corrected chi connectivity index (χ3v) is 3.45. The Morgan fingerprint density at radius 3 is 2.65 bits per heavy atom. The molecular formula is C14H16O3. The van der Waals surface area contributed by atoms with Gasteiger partial charge in [-0.05, 0) is 24.8 Å². The van der Waals surface area contributed by atoms with E-state index in [0.29, 0.717) is 25.7 Å². The number of hydrogen-bond donors (Lipinski definition) is 1. The summed E-state index contributed by atoms with van der Waals surface area (Å²) in [4.78, 5) is 23.0. The van der Waals surface area contributed by atoms with E-state index in [-0.39, 0.29) is 11.7 Å². The normalized spacial score (nSPS) is 24.6. The molecule has 1 saturated carbocycles. The molecule has 3 heteroatoms. The Hall–Kier alpha value is -1.64. The second-order valence-electron chi connectivity index (χ2n) is 4.60. The predicted octanol–water partition coefficient (Wildman–Crippen LogP) is 2.30. The minimum atomic E-state index is -0.834. The maximum Gasteiger partial charge on any atom is 0.307 e. The van der Waals surface area contributed by atoms with Gasteiger partial charge in [0.05, 0.1) is 5.92 Å². The molecular weight excluding hydrogens is 216 g/mol. The third-order valence-electron chi connectivity index (χ3n) is 3.45. The molecule has 1 aliphatic rings. The van der Waals surface area contributed by atoms with Gasteiger partial charge in [-0.2, -0.15) is 0 Å². The zero-order chi connectivity index (χ0) is 12.3. The first-order valence-electron chi connectivity index (χ1n) is 5.98. The number of carbonyl (C=O) groups is 2. The van der Waals surface area contributed by atoms with Gasteiger partial charge in [-0.15, -0.1) is 0 Å². The maximum atomic E-state index is 11.9. The summed E-state index contributed by atoms with van der Waals surface area (Å²) in [7, 11) is 0. The molecule has 2 unspecified atom stereocenters. The van der Waals surface area contributed by atoms with Gasteiger partial charge in [-0.25, -0.2) is 0 Å². The number of hydrogen-bond acceptors (Lipinski definition) is 2. The zero-order valence-corrected chi connectivity index (χ0v) is 9.63. The molecule has 1 N–H and O–H groups in total. The van der Waals surface area contributed by atoms with E-state index in [1.54, 1.807) is 0 Å². The fourth-order valence-electron chi connectivity index (χ4n) is 2.53. The molecule has 17 heavy (non-hydrogen) atoms. The minimum absolute atomic E-state index is 0.104. The first-order chi connectivity index (χ1) is 8.18. The Morgan fingerprint density at radius 1 is 1.29 bits per heavy atom. The molecule has 0 spiro atoms. The highest BCUT2D eigenvalue weighted by Crippen LogP contribution is 2.30. The van der Waals surface area contributed by atoms with Gasteiger partial charge in [0.1, 0.15) is 5.78 Å². The van der Waals surface area contributed by atoms with E-state index < -0.39 is 11.9 Å². The van der Waals surface area contributed by atoms with Crippen LogP contribution in [0.2, 0.25) is 0 Å². The summed E-state index contributed by atoms with van der Waals surface area (Å²) in [6, 6.07) is 9.64. The van der Waals surface area contributed by atoms with Crippen LogP contribution in [0.15, 0.2) is 30.3 Å². The van der Waals surface area contributed by atoms with Crippen LogP contribution in [0.25, 0.3) is 0 Å². The molecule has 0 heterocycles. The number of carboxylic acids is 1. The van der Waals surface area contributed by atoms with Crippen molar-refractivity contribution in [1.29, 1.82) is 0 Å². The lowest BCUT2D eigenvalue weighted by Gasteiger charge is -2.27. The van der Waals surface area contributed by atoms with E-state index in [9.17, 15) is 9.59 Å². The Bertz CT molecular complexity index is 411. The molecule has 3 nitrogen and oxygen atoms in total. The van der Waals surface area contributed by atoms with Crippen LogP contribution < -0.4 is 0 Å². The van der Waals surface area contributed by atoms with Crippen LogP contribution in [0.1, 0.15) is 24.8 Å². The van der Waals surface area contributed by atoms with Gasteiger partial charge in [0.2, 0.25) is 0 Å². The van der Waals surface area contributed by atoms with Crippen molar-refractivity contribution in [3.05, 3.63) is 35.9 Å². The number of Topliss-reactive ketones (excluding diaryl/α,β-unsaturated/α-hetero) is 1. The highest BCUT2D eigenvalue weighted by atomic mass is 16.4. The van der Waals surface area contributed by atoms with E-state index in [1.165, 1.54) is 0 Å². The molecule has 0 saturated heterocycles. The second kappa shape index (κ2) is 5.13. The lowest BCUT2D eigenvalue weighted by Crippen LogP contribution is -2.35. The average molecular weight is 232 g/mol. The van der Waals surface area contributed by atoms with Gasteiger partial charge in [-0.1, -0.05) is 30.3 Å². The van der Waals surface area contributed by atoms with Gasteiger partial charge in [0.15, 0.2) is 0 Å². The Morgan fingerprint density at radius 2 is 2.00 bits per heavy atom. The summed E-state index contributed by atoms with van der Waals surface area (Å²) >= 11 is 0. The molecule has 0 bridgehead atoms. The third kappa shape index (κ3) is 2.73. The van der Waals surface area contributed by atoms with Gasteiger partial charge >= 0.3 is 5.97 Å². The summed E-state index contributed by atoms with van der Waals surface area (Å²) in [5, 5.41) is 9.15. The quantitative estimate of drug-likeness (QED) is 0.870. The summed E-state index contributed by atoms with van der Waals surface area (Å²) < 4.78 is 0. The number of carboxylic acid groups (broad SMARTS) is 1. The van der Waals surface area contributed by atoms with Crippen molar-refractivity contribution in [3.8, 4) is 0 Å². The van der Waals surface area contributed by atoms with Crippen molar-refractivity contribution >= 4 is 11.8 Å². The number of aliphatic carboxylic acids is 1. The highest BCUT2D eigenvalue weighted by molar-refractivity contribution is 5.87. The molecule has 1 aromatic carbocycles. The molecule has 90 valence electrons. The summed E-state index contributed by atoms with van der Waals surface area (Å²) in [6.07, 6.45) is 2.41. The largest absolute Gasteiger partial charge is 0.481 e. The summed E-state index contributed by atoms with van der Waals surface area (Å²) in [5.41, 5.74) is 1.04. The number of carbonyl (C=O) groups excluding carboxylic acids is 1. The van der Waals surface area contributed by atoms with Gasteiger partial charge in [0, 0.05) is 12.3 Å². The second-order valence-corrected chi connectivity index (χ2v) is 4.60. The number of benzene rings is 1. The van der Waals surface area contributed by atoms with Crippen LogP contribution in [0.3, 0.4) is 0 Å². The predicted molar refractivity (Wildman–Crippen MR) is 63.6 cm³/mol. The molecule has 2 rings (SSSR count). The number of rotatable bonds is 3. The highest BCUT2D eigenvalue weighted by Gasteiger charge is 2.36. The van der Waals surface area contributed by atoms with Crippen LogP contribution in [0.5, 0.6) is 0 Å². The van der Waals surface area contributed by atoms with E-state index in [1.807, 2.05) is 30.3 Å². The summed E-state index contributed by atoms with van der Waals surface area (Å²) in [6.45, 7) is 0. The van der Waals surface area contributed by atoms with E-state index >= 15 is 0 Å². The lowest BCUT2D eigenvalue weighted by atomic mass is 9.75. The first kappa shape index (κ1) is 11.8. The van der Waals surface area contributed by atoms with Gasteiger partial charge < -0.3 is 5.11 Å². The van der Waals surface area contributed by atoms with Crippen molar-refractivity contribution in [2.24, 2.45) is 11.8 Å². The molecule has 1 fully saturated rings. The minimum Gasteiger partial charge on any atom is -0.481 e. The SMILES string of the molecule is O=C(O)C1CCCC(=O)C1Cc1ccccc1. The van der Waals surface area contributed by atoms with Crippen molar-refractivity contribution in [3.63, 3.8) is 0 Å². The Kier molecular flexibility index (Phi) is 3.57. The van der Waals surface area contributed by atoms with E-state index in [0.717, 1.165) is 5.56 Å². The standard InChI is InChI=1S/C14H16O3/c15-13-8-4-7-11(14(16)17)12(13)9-10-5-2-1-3-6-10/h1-3,5-6,11-12H,4,7-9H2,(H,16,17). The average Bonchev–Trinajstić information content (AvgIpc) is 2.33. The molecule has 1 aromatic rings.